The van der Waals surface area contributed by atoms with Crippen LogP contribution in [0.3, 0.4) is 0 Å². The summed E-state index contributed by atoms with van der Waals surface area (Å²) in [5.41, 5.74) is 5.54. The van der Waals surface area contributed by atoms with Gasteiger partial charge in [-0.3, -0.25) is 0 Å². The van der Waals surface area contributed by atoms with Crippen LogP contribution in [0.25, 0.3) is 0 Å². The molecular formula is C8H16N2O2S. The molecule has 0 atom stereocenters. The van der Waals surface area contributed by atoms with Gasteiger partial charge in [-0.05, 0) is 31.6 Å². The zero-order valence-electron chi connectivity index (χ0n) is 7.57. The van der Waals surface area contributed by atoms with Gasteiger partial charge in [0.2, 0.25) is 10.0 Å². The molecule has 0 aromatic heterocycles. The van der Waals surface area contributed by atoms with Crippen LogP contribution < -0.4 is 10.5 Å². The molecule has 0 aromatic carbocycles. The van der Waals surface area contributed by atoms with E-state index >= 15 is 0 Å². The fourth-order valence-corrected chi connectivity index (χ4v) is 3.24. The van der Waals surface area contributed by atoms with E-state index in [4.69, 9.17) is 5.73 Å². The summed E-state index contributed by atoms with van der Waals surface area (Å²) in [6, 6.07) is 0.0995. The van der Waals surface area contributed by atoms with Crippen molar-refractivity contribution < 1.29 is 8.42 Å². The third-order valence-electron chi connectivity index (χ3n) is 2.84. The van der Waals surface area contributed by atoms with Crippen LogP contribution in [0.5, 0.6) is 0 Å². The number of sulfonamides is 1. The predicted octanol–water partition coefficient (Wildman–Crippen LogP) is -0.195. The highest BCUT2D eigenvalue weighted by atomic mass is 32.2. The van der Waals surface area contributed by atoms with Gasteiger partial charge in [0.15, 0.2) is 0 Å². The Morgan fingerprint density at radius 3 is 2.38 bits per heavy atom. The summed E-state index contributed by atoms with van der Waals surface area (Å²) in [7, 11) is -3.04. The normalized spacial score (nSPS) is 34.2. The van der Waals surface area contributed by atoms with Crippen LogP contribution in [0.15, 0.2) is 0 Å². The molecule has 2 rings (SSSR count). The van der Waals surface area contributed by atoms with Gasteiger partial charge in [-0.2, -0.15) is 0 Å². The first-order valence-electron chi connectivity index (χ1n) is 4.82. The molecule has 0 radical (unpaired) electrons. The highest BCUT2D eigenvalue weighted by Crippen LogP contribution is 2.29. The van der Waals surface area contributed by atoms with E-state index in [0.717, 1.165) is 0 Å². The van der Waals surface area contributed by atoms with Crippen LogP contribution in [0, 0.1) is 5.92 Å². The molecule has 2 saturated carbocycles. The third kappa shape index (κ3) is 2.21. The fraction of sp³-hybridized carbons (Fsp3) is 1.00. The summed E-state index contributed by atoms with van der Waals surface area (Å²) in [6.45, 7) is 0.633. The van der Waals surface area contributed by atoms with Gasteiger partial charge >= 0.3 is 0 Å². The molecule has 0 bridgehead atoms. The zero-order chi connectivity index (χ0) is 9.47. The Kier molecular flexibility index (Phi) is 2.33. The number of nitrogens with two attached hydrogens (primary N) is 1. The van der Waals surface area contributed by atoms with E-state index in [-0.39, 0.29) is 11.3 Å². The van der Waals surface area contributed by atoms with Crippen molar-refractivity contribution in [2.45, 2.75) is 37.0 Å². The molecule has 0 unspecified atom stereocenters. The molecule has 0 aromatic rings. The molecule has 4 nitrogen and oxygen atoms in total. The minimum atomic E-state index is -3.04. The Bertz CT molecular complexity index is 279. The van der Waals surface area contributed by atoms with Crippen molar-refractivity contribution in [1.29, 1.82) is 0 Å². The van der Waals surface area contributed by atoms with Crippen molar-refractivity contribution >= 4 is 10.0 Å². The SMILES string of the molecule is NC1CC(S(=O)(=O)NCC2CC2)C1. The maximum atomic E-state index is 11.5. The second-order valence-electron chi connectivity index (χ2n) is 4.19. The molecule has 2 fully saturated rings. The molecule has 76 valence electrons. The second kappa shape index (κ2) is 3.22. The van der Waals surface area contributed by atoms with Gasteiger partial charge in [0, 0.05) is 12.6 Å². The number of hydrogen-bond acceptors (Lipinski definition) is 3. The number of nitrogens with one attached hydrogen (secondary N) is 1. The quantitative estimate of drug-likeness (QED) is 0.666. The predicted molar refractivity (Wildman–Crippen MR) is 50.6 cm³/mol. The Morgan fingerprint density at radius 2 is 1.92 bits per heavy atom. The van der Waals surface area contributed by atoms with Crippen LogP contribution in [-0.2, 0) is 10.0 Å². The molecule has 5 heteroatoms. The first-order chi connectivity index (χ1) is 6.08. The van der Waals surface area contributed by atoms with Crippen LogP contribution >= 0.6 is 0 Å². The molecule has 2 aliphatic carbocycles. The minimum absolute atomic E-state index is 0.0995. The van der Waals surface area contributed by atoms with E-state index in [2.05, 4.69) is 4.72 Å². The lowest BCUT2D eigenvalue weighted by Crippen LogP contribution is -2.49. The van der Waals surface area contributed by atoms with Crippen molar-refractivity contribution in [3.8, 4) is 0 Å². The zero-order valence-corrected chi connectivity index (χ0v) is 8.39. The van der Waals surface area contributed by atoms with Gasteiger partial charge in [-0.15, -0.1) is 0 Å². The maximum absolute atomic E-state index is 11.5. The number of rotatable bonds is 4. The van der Waals surface area contributed by atoms with Crippen LogP contribution in [0.2, 0.25) is 0 Å². The summed E-state index contributed by atoms with van der Waals surface area (Å²) >= 11 is 0. The van der Waals surface area contributed by atoms with E-state index in [9.17, 15) is 8.42 Å². The standard InChI is InChI=1S/C8H16N2O2S/c9-7-3-8(4-7)13(11,12)10-5-6-1-2-6/h6-8,10H,1-5,9H2. The van der Waals surface area contributed by atoms with Gasteiger partial charge < -0.3 is 5.73 Å². The Labute approximate surface area is 78.9 Å². The van der Waals surface area contributed by atoms with Gasteiger partial charge in [-0.25, -0.2) is 13.1 Å². The van der Waals surface area contributed by atoms with Gasteiger partial charge in [-0.1, -0.05) is 0 Å². The van der Waals surface area contributed by atoms with Gasteiger partial charge in [0.25, 0.3) is 0 Å². The van der Waals surface area contributed by atoms with Crippen molar-refractivity contribution in [3.63, 3.8) is 0 Å². The van der Waals surface area contributed by atoms with Crippen LogP contribution in [0.4, 0.5) is 0 Å². The van der Waals surface area contributed by atoms with Crippen molar-refractivity contribution in [2.75, 3.05) is 6.54 Å². The Balaban J connectivity index is 1.80. The van der Waals surface area contributed by atoms with Gasteiger partial charge in [0.1, 0.15) is 0 Å². The molecule has 0 spiro atoms. The highest BCUT2D eigenvalue weighted by Gasteiger charge is 2.37. The van der Waals surface area contributed by atoms with Crippen molar-refractivity contribution in [2.24, 2.45) is 11.7 Å². The van der Waals surface area contributed by atoms with E-state index in [1.54, 1.807) is 0 Å². The largest absolute Gasteiger partial charge is 0.328 e. The van der Waals surface area contributed by atoms with E-state index in [1.165, 1.54) is 12.8 Å². The molecule has 2 aliphatic rings. The minimum Gasteiger partial charge on any atom is -0.328 e. The monoisotopic (exact) mass is 204 g/mol. The summed E-state index contributed by atoms with van der Waals surface area (Å²) in [5.74, 6) is 0.600. The van der Waals surface area contributed by atoms with Crippen molar-refractivity contribution in [1.82, 2.24) is 4.72 Å². The molecular weight excluding hydrogens is 188 g/mol. The first kappa shape index (κ1) is 9.43. The summed E-state index contributed by atoms with van der Waals surface area (Å²) in [4.78, 5) is 0. The summed E-state index contributed by atoms with van der Waals surface area (Å²) in [6.07, 6.45) is 3.60. The van der Waals surface area contributed by atoms with Crippen molar-refractivity contribution in [3.05, 3.63) is 0 Å². The lowest BCUT2D eigenvalue weighted by atomic mass is 9.94. The van der Waals surface area contributed by atoms with E-state index in [1.807, 2.05) is 0 Å². The Morgan fingerprint density at radius 1 is 1.31 bits per heavy atom. The fourth-order valence-electron chi connectivity index (χ4n) is 1.53. The summed E-state index contributed by atoms with van der Waals surface area (Å²) in [5, 5.41) is -0.221. The van der Waals surface area contributed by atoms with E-state index < -0.39 is 10.0 Å². The smallest absolute Gasteiger partial charge is 0.214 e. The molecule has 3 N–H and O–H groups in total. The first-order valence-corrected chi connectivity index (χ1v) is 6.36. The van der Waals surface area contributed by atoms with Gasteiger partial charge in [0.05, 0.1) is 5.25 Å². The second-order valence-corrected chi connectivity index (χ2v) is 6.24. The average Bonchev–Trinajstić information content (AvgIpc) is 2.78. The van der Waals surface area contributed by atoms with E-state index in [0.29, 0.717) is 25.3 Å². The Hall–Kier alpha value is -0.130. The maximum Gasteiger partial charge on any atom is 0.214 e. The van der Waals surface area contributed by atoms with Crippen LogP contribution in [-0.4, -0.2) is 26.3 Å². The van der Waals surface area contributed by atoms with Crippen LogP contribution in [0.1, 0.15) is 25.7 Å². The third-order valence-corrected chi connectivity index (χ3v) is 4.67. The lowest BCUT2D eigenvalue weighted by molar-refractivity contribution is 0.404. The summed E-state index contributed by atoms with van der Waals surface area (Å²) < 4.78 is 25.7. The molecule has 13 heavy (non-hydrogen) atoms. The topological polar surface area (TPSA) is 72.2 Å². The molecule has 0 aliphatic heterocycles. The lowest BCUT2D eigenvalue weighted by Gasteiger charge is -2.31. The molecule has 0 heterocycles. The number of hydrogen-bond donors (Lipinski definition) is 2. The molecule has 0 amide bonds. The highest BCUT2D eigenvalue weighted by molar-refractivity contribution is 7.90. The average molecular weight is 204 g/mol. The molecule has 0 saturated heterocycles.